The molecule has 8 heteroatoms. The van der Waals surface area contributed by atoms with Crippen molar-refractivity contribution in [3.63, 3.8) is 0 Å². The SMILES string of the molecule is CCCS(=O)(=O)CC(=O)NCc1cccc(OCC(=O)O)c1. The molecule has 7 nitrogen and oxygen atoms in total. The second-order valence-electron chi connectivity index (χ2n) is 4.70. The van der Waals surface area contributed by atoms with Crippen molar-refractivity contribution >= 4 is 21.7 Å². The van der Waals surface area contributed by atoms with Crippen molar-refractivity contribution in [1.29, 1.82) is 0 Å². The fourth-order valence-corrected chi connectivity index (χ4v) is 2.99. The van der Waals surface area contributed by atoms with E-state index in [1.807, 2.05) is 0 Å². The van der Waals surface area contributed by atoms with Gasteiger partial charge in [0.05, 0.1) is 5.75 Å². The minimum Gasteiger partial charge on any atom is -0.482 e. The van der Waals surface area contributed by atoms with Gasteiger partial charge < -0.3 is 15.2 Å². The number of amides is 1. The minimum atomic E-state index is -3.36. The number of hydrogen-bond acceptors (Lipinski definition) is 5. The van der Waals surface area contributed by atoms with E-state index in [1.54, 1.807) is 31.2 Å². The largest absolute Gasteiger partial charge is 0.482 e. The number of aliphatic carboxylic acids is 1. The van der Waals surface area contributed by atoms with Gasteiger partial charge in [0.15, 0.2) is 16.4 Å². The van der Waals surface area contributed by atoms with Crippen LogP contribution in [0.1, 0.15) is 18.9 Å². The maximum atomic E-state index is 11.6. The van der Waals surface area contributed by atoms with Crippen molar-refractivity contribution < 1.29 is 27.9 Å². The van der Waals surface area contributed by atoms with Gasteiger partial charge in [-0.2, -0.15) is 0 Å². The highest BCUT2D eigenvalue weighted by Crippen LogP contribution is 2.13. The topological polar surface area (TPSA) is 110 Å². The van der Waals surface area contributed by atoms with Crippen LogP contribution in [0.15, 0.2) is 24.3 Å². The van der Waals surface area contributed by atoms with E-state index in [4.69, 9.17) is 9.84 Å². The molecule has 1 aromatic rings. The number of carboxylic acid groups (broad SMARTS) is 1. The quantitative estimate of drug-likeness (QED) is 0.686. The molecule has 0 saturated carbocycles. The van der Waals surface area contributed by atoms with Crippen molar-refractivity contribution in [1.82, 2.24) is 5.32 Å². The van der Waals surface area contributed by atoms with Gasteiger partial charge in [-0.3, -0.25) is 4.79 Å². The average Bonchev–Trinajstić information content (AvgIpc) is 2.43. The van der Waals surface area contributed by atoms with E-state index in [1.165, 1.54) is 0 Å². The maximum Gasteiger partial charge on any atom is 0.341 e. The van der Waals surface area contributed by atoms with Gasteiger partial charge in [-0.05, 0) is 24.1 Å². The Bertz CT molecular complexity index is 626. The molecule has 0 unspecified atom stereocenters. The summed E-state index contributed by atoms with van der Waals surface area (Å²) in [5.41, 5.74) is 0.684. The lowest BCUT2D eigenvalue weighted by molar-refractivity contribution is -0.139. The molecule has 122 valence electrons. The van der Waals surface area contributed by atoms with Crippen molar-refractivity contribution in [3.8, 4) is 5.75 Å². The molecule has 0 atom stereocenters. The predicted molar refractivity (Wildman–Crippen MR) is 80.4 cm³/mol. The third-order valence-corrected chi connectivity index (χ3v) is 4.35. The molecule has 0 fully saturated rings. The molecular weight excluding hydrogens is 310 g/mol. The highest BCUT2D eigenvalue weighted by molar-refractivity contribution is 7.92. The number of sulfone groups is 1. The standard InChI is InChI=1S/C14H19NO6S/c1-2-6-22(19,20)10-13(16)15-8-11-4-3-5-12(7-11)21-9-14(17)18/h3-5,7H,2,6,8-10H2,1H3,(H,15,16)(H,17,18). The third kappa shape index (κ3) is 7.07. The maximum absolute atomic E-state index is 11.6. The summed E-state index contributed by atoms with van der Waals surface area (Å²) < 4.78 is 28.1. The van der Waals surface area contributed by atoms with Gasteiger partial charge in [0.2, 0.25) is 5.91 Å². The predicted octanol–water partition coefficient (Wildman–Crippen LogP) is 0.591. The number of carbonyl (C=O) groups is 2. The van der Waals surface area contributed by atoms with Crippen molar-refractivity contribution in [2.24, 2.45) is 0 Å². The molecule has 0 aliphatic carbocycles. The first-order chi connectivity index (χ1) is 10.3. The van der Waals surface area contributed by atoms with Crippen LogP contribution in [0, 0.1) is 0 Å². The lowest BCUT2D eigenvalue weighted by atomic mass is 10.2. The molecule has 2 N–H and O–H groups in total. The Hall–Kier alpha value is -2.09. The fraction of sp³-hybridized carbons (Fsp3) is 0.429. The van der Waals surface area contributed by atoms with Crippen molar-refractivity contribution in [2.75, 3.05) is 18.1 Å². The molecule has 22 heavy (non-hydrogen) atoms. The number of nitrogens with one attached hydrogen (secondary N) is 1. The van der Waals surface area contributed by atoms with Crippen LogP contribution in [0.2, 0.25) is 0 Å². The van der Waals surface area contributed by atoms with Gasteiger partial charge in [0, 0.05) is 6.54 Å². The van der Waals surface area contributed by atoms with Gasteiger partial charge in [0.25, 0.3) is 0 Å². The number of rotatable bonds is 9. The molecule has 0 aliphatic heterocycles. The van der Waals surface area contributed by atoms with Crippen LogP contribution in [0.25, 0.3) is 0 Å². The van der Waals surface area contributed by atoms with Crippen molar-refractivity contribution in [3.05, 3.63) is 29.8 Å². The monoisotopic (exact) mass is 329 g/mol. The zero-order valence-electron chi connectivity index (χ0n) is 12.2. The number of carbonyl (C=O) groups excluding carboxylic acids is 1. The molecule has 1 aromatic carbocycles. The lowest BCUT2D eigenvalue weighted by Crippen LogP contribution is -2.30. The molecule has 0 spiro atoms. The summed E-state index contributed by atoms with van der Waals surface area (Å²) in [5.74, 6) is -1.83. The van der Waals surface area contributed by atoms with Gasteiger partial charge in [-0.25, -0.2) is 13.2 Å². The molecule has 1 rings (SSSR count). The first-order valence-electron chi connectivity index (χ1n) is 6.73. The minimum absolute atomic E-state index is 0.0149. The molecule has 0 saturated heterocycles. The normalized spacial score (nSPS) is 11.0. The van der Waals surface area contributed by atoms with E-state index in [0.29, 0.717) is 17.7 Å². The number of ether oxygens (including phenoxy) is 1. The highest BCUT2D eigenvalue weighted by Gasteiger charge is 2.15. The second kappa shape index (κ2) is 8.38. The van der Waals surface area contributed by atoms with Gasteiger partial charge >= 0.3 is 5.97 Å². The van der Waals surface area contributed by atoms with Crippen LogP contribution in [-0.2, 0) is 26.0 Å². The second-order valence-corrected chi connectivity index (χ2v) is 6.88. The lowest BCUT2D eigenvalue weighted by Gasteiger charge is -2.08. The average molecular weight is 329 g/mol. The Morgan fingerprint density at radius 3 is 2.68 bits per heavy atom. The molecule has 1 amide bonds. The summed E-state index contributed by atoms with van der Waals surface area (Å²) in [6.07, 6.45) is 0.471. The summed E-state index contributed by atoms with van der Waals surface area (Å²) in [7, 11) is -3.36. The summed E-state index contributed by atoms with van der Waals surface area (Å²) in [4.78, 5) is 22.0. The van der Waals surface area contributed by atoms with Crippen LogP contribution >= 0.6 is 0 Å². The van der Waals surface area contributed by atoms with Gasteiger partial charge in [0.1, 0.15) is 11.5 Å². The molecule has 0 heterocycles. The van der Waals surface area contributed by atoms with E-state index >= 15 is 0 Å². The van der Waals surface area contributed by atoms with Gasteiger partial charge in [-0.1, -0.05) is 19.1 Å². The Morgan fingerprint density at radius 2 is 2.05 bits per heavy atom. The van der Waals surface area contributed by atoms with Crippen LogP contribution in [0.5, 0.6) is 5.75 Å². The van der Waals surface area contributed by atoms with E-state index in [9.17, 15) is 18.0 Å². The summed E-state index contributed by atoms with van der Waals surface area (Å²) in [6.45, 7) is 1.42. The first kappa shape index (κ1) is 18.0. The Labute approximate surface area is 129 Å². The molecule has 0 aliphatic rings. The zero-order valence-corrected chi connectivity index (χ0v) is 13.1. The Balaban J connectivity index is 2.52. The first-order valence-corrected chi connectivity index (χ1v) is 8.55. The fourth-order valence-electron chi connectivity index (χ4n) is 1.72. The smallest absolute Gasteiger partial charge is 0.341 e. The Kier molecular flexibility index (Phi) is 6.84. The number of carboxylic acids is 1. The molecule has 0 aromatic heterocycles. The van der Waals surface area contributed by atoms with Crippen LogP contribution in [0.3, 0.4) is 0 Å². The van der Waals surface area contributed by atoms with Crippen molar-refractivity contribution in [2.45, 2.75) is 19.9 Å². The molecule has 0 radical (unpaired) electrons. The Morgan fingerprint density at radius 1 is 1.32 bits per heavy atom. The molecule has 0 bridgehead atoms. The summed E-state index contributed by atoms with van der Waals surface area (Å²) >= 11 is 0. The zero-order chi connectivity index (χ0) is 16.6. The summed E-state index contributed by atoms with van der Waals surface area (Å²) in [5, 5.41) is 11.0. The highest BCUT2D eigenvalue weighted by atomic mass is 32.2. The van der Waals surface area contributed by atoms with Crippen LogP contribution in [0.4, 0.5) is 0 Å². The summed E-state index contributed by atoms with van der Waals surface area (Å²) in [6, 6.07) is 6.56. The third-order valence-electron chi connectivity index (χ3n) is 2.62. The van der Waals surface area contributed by atoms with Crippen LogP contribution < -0.4 is 10.1 Å². The van der Waals surface area contributed by atoms with E-state index < -0.39 is 34.1 Å². The van der Waals surface area contributed by atoms with Gasteiger partial charge in [-0.15, -0.1) is 0 Å². The van der Waals surface area contributed by atoms with Crippen LogP contribution in [-0.4, -0.2) is 43.5 Å². The van der Waals surface area contributed by atoms with E-state index in [2.05, 4.69) is 5.32 Å². The number of benzene rings is 1. The van der Waals surface area contributed by atoms with E-state index in [0.717, 1.165) is 0 Å². The number of hydrogen-bond donors (Lipinski definition) is 2. The molecular formula is C14H19NO6S. The van der Waals surface area contributed by atoms with E-state index in [-0.39, 0.29) is 12.3 Å².